The first-order valence-corrected chi connectivity index (χ1v) is 8.14. The SMILES string of the molecule is Nc1cccc2c1S(=O)(=O)C(CN1CCCCC1)=C2. The second-order valence-corrected chi connectivity index (χ2v) is 7.16. The molecule has 2 aliphatic rings. The zero-order valence-corrected chi connectivity index (χ0v) is 11.6. The second-order valence-electron chi connectivity index (χ2n) is 5.22. The zero-order chi connectivity index (χ0) is 13.5. The quantitative estimate of drug-likeness (QED) is 0.839. The van der Waals surface area contributed by atoms with Crippen molar-refractivity contribution in [3.05, 3.63) is 28.7 Å². The third kappa shape index (κ3) is 2.17. The van der Waals surface area contributed by atoms with E-state index in [9.17, 15) is 8.42 Å². The molecule has 0 radical (unpaired) electrons. The van der Waals surface area contributed by atoms with Crippen LogP contribution >= 0.6 is 0 Å². The average Bonchev–Trinajstić information content (AvgIpc) is 2.63. The Morgan fingerprint density at radius 1 is 1.16 bits per heavy atom. The Morgan fingerprint density at radius 3 is 2.58 bits per heavy atom. The second kappa shape index (κ2) is 4.65. The van der Waals surface area contributed by atoms with Gasteiger partial charge < -0.3 is 5.73 Å². The highest BCUT2D eigenvalue weighted by Gasteiger charge is 2.32. The van der Waals surface area contributed by atoms with Gasteiger partial charge >= 0.3 is 0 Å². The summed E-state index contributed by atoms with van der Waals surface area (Å²) in [6.07, 6.45) is 5.33. The van der Waals surface area contributed by atoms with Gasteiger partial charge in [-0.2, -0.15) is 0 Å². The summed E-state index contributed by atoms with van der Waals surface area (Å²) in [5, 5.41) is 0. The van der Waals surface area contributed by atoms with Crippen molar-refractivity contribution in [3.63, 3.8) is 0 Å². The van der Waals surface area contributed by atoms with Gasteiger partial charge in [0.25, 0.3) is 0 Å². The Kier molecular flexibility index (Phi) is 3.11. The minimum Gasteiger partial charge on any atom is -0.398 e. The van der Waals surface area contributed by atoms with Crippen LogP contribution in [0.2, 0.25) is 0 Å². The number of sulfone groups is 1. The number of nitrogens with zero attached hydrogens (tertiary/aromatic N) is 1. The number of nitrogen functional groups attached to an aromatic ring is 1. The normalized spacial score (nSPS) is 22.0. The number of fused-ring (bicyclic) bond motifs is 1. The summed E-state index contributed by atoms with van der Waals surface area (Å²) in [5.74, 6) is 0. The van der Waals surface area contributed by atoms with Crippen LogP contribution in [-0.4, -0.2) is 33.0 Å². The van der Waals surface area contributed by atoms with Crippen LogP contribution in [-0.2, 0) is 9.84 Å². The Labute approximate surface area is 113 Å². The molecule has 0 unspecified atom stereocenters. The van der Waals surface area contributed by atoms with Crippen molar-refractivity contribution >= 4 is 21.6 Å². The molecule has 0 atom stereocenters. The number of benzene rings is 1. The molecule has 5 heteroatoms. The van der Waals surface area contributed by atoms with Crippen LogP contribution in [0.5, 0.6) is 0 Å². The monoisotopic (exact) mass is 278 g/mol. The standard InChI is InChI=1S/C14H18N2O2S/c15-13-6-4-5-11-9-12(19(17,18)14(11)13)10-16-7-2-1-3-8-16/h4-6,9H,1-3,7-8,10,15H2. The van der Waals surface area contributed by atoms with E-state index in [1.54, 1.807) is 18.2 Å². The lowest BCUT2D eigenvalue weighted by atomic mass is 10.1. The summed E-state index contributed by atoms with van der Waals surface area (Å²) in [4.78, 5) is 3.00. The van der Waals surface area contributed by atoms with E-state index in [4.69, 9.17) is 5.73 Å². The van der Waals surface area contributed by atoms with Gasteiger partial charge in [0.2, 0.25) is 9.84 Å². The first-order chi connectivity index (χ1) is 9.09. The summed E-state index contributed by atoms with van der Waals surface area (Å²) < 4.78 is 25.0. The Bertz CT molecular complexity index is 629. The van der Waals surface area contributed by atoms with E-state index in [1.807, 2.05) is 6.07 Å². The fraction of sp³-hybridized carbons (Fsp3) is 0.429. The molecule has 2 aliphatic heterocycles. The zero-order valence-electron chi connectivity index (χ0n) is 10.8. The maximum Gasteiger partial charge on any atom is 0.206 e. The van der Waals surface area contributed by atoms with E-state index >= 15 is 0 Å². The highest BCUT2D eigenvalue weighted by Crippen LogP contribution is 2.37. The number of anilines is 1. The fourth-order valence-electron chi connectivity index (χ4n) is 2.85. The number of likely N-dealkylation sites (tertiary alicyclic amines) is 1. The van der Waals surface area contributed by atoms with Crippen LogP contribution in [0.15, 0.2) is 28.0 Å². The van der Waals surface area contributed by atoms with Gasteiger partial charge in [0.15, 0.2) is 0 Å². The van der Waals surface area contributed by atoms with Gasteiger partial charge in [0.05, 0.1) is 10.6 Å². The van der Waals surface area contributed by atoms with Crippen LogP contribution < -0.4 is 5.73 Å². The molecule has 3 rings (SSSR count). The van der Waals surface area contributed by atoms with Crippen LogP contribution in [0, 0.1) is 0 Å². The summed E-state index contributed by atoms with van der Waals surface area (Å²) >= 11 is 0. The topological polar surface area (TPSA) is 63.4 Å². The molecule has 4 nitrogen and oxygen atoms in total. The Balaban J connectivity index is 1.91. The molecule has 0 spiro atoms. The molecule has 1 fully saturated rings. The molecular weight excluding hydrogens is 260 g/mol. The number of hydrogen-bond donors (Lipinski definition) is 1. The largest absolute Gasteiger partial charge is 0.398 e. The molecule has 1 aromatic rings. The van der Waals surface area contributed by atoms with Crippen molar-refractivity contribution in [1.29, 1.82) is 0 Å². The summed E-state index contributed by atoms with van der Waals surface area (Å²) in [7, 11) is -3.38. The highest BCUT2D eigenvalue weighted by atomic mass is 32.2. The first kappa shape index (κ1) is 12.7. The molecule has 0 amide bonds. The molecule has 2 heterocycles. The number of nitrogens with two attached hydrogens (primary N) is 1. The number of hydrogen-bond acceptors (Lipinski definition) is 4. The van der Waals surface area contributed by atoms with Crippen molar-refractivity contribution in [2.24, 2.45) is 0 Å². The molecule has 19 heavy (non-hydrogen) atoms. The smallest absolute Gasteiger partial charge is 0.206 e. The molecule has 1 aromatic carbocycles. The van der Waals surface area contributed by atoms with E-state index in [1.165, 1.54) is 6.42 Å². The predicted molar refractivity (Wildman–Crippen MR) is 76.3 cm³/mol. The van der Waals surface area contributed by atoms with Crippen LogP contribution in [0.3, 0.4) is 0 Å². The molecule has 0 aromatic heterocycles. The fourth-order valence-corrected chi connectivity index (χ4v) is 4.56. The summed E-state index contributed by atoms with van der Waals surface area (Å²) in [6.45, 7) is 2.48. The maximum absolute atomic E-state index is 12.5. The number of piperidine rings is 1. The average molecular weight is 278 g/mol. The van der Waals surface area contributed by atoms with Gasteiger partial charge in [0.1, 0.15) is 4.90 Å². The van der Waals surface area contributed by atoms with Crippen molar-refractivity contribution in [1.82, 2.24) is 4.90 Å². The van der Waals surface area contributed by atoms with E-state index in [0.717, 1.165) is 31.5 Å². The van der Waals surface area contributed by atoms with Crippen LogP contribution in [0.4, 0.5) is 5.69 Å². The van der Waals surface area contributed by atoms with Gasteiger partial charge in [-0.1, -0.05) is 18.6 Å². The molecular formula is C14H18N2O2S. The number of rotatable bonds is 2. The molecule has 1 saturated heterocycles. The van der Waals surface area contributed by atoms with Crippen LogP contribution in [0.25, 0.3) is 6.08 Å². The first-order valence-electron chi connectivity index (χ1n) is 6.65. The minimum absolute atomic E-state index is 0.294. The third-order valence-electron chi connectivity index (χ3n) is 3.83. The van der Waals surface area contributed by atoms with E-state index in [2.05, 4.69) is 4.90 Å². The Morgan fingerprint density at radius 2 is 1.89 bits per heavy atom. The lowest BCUT2D eigenvalue weighted by molar-refractivity contribution is 0.250. The third-order valence-corrected chi connectivity index (χ3v) is 5.78. The van der Waals surface area contributed by atoms with Crippen molar-refractivity contribution < 1.29 is 8.42 Å². The van der Waals surface area contributed by atoms with Gasteiger partial charge in [-0.3, -0.25) is 4.90 Å². The molecule has 0 bridgehead atoms. The van der Waals surface area contributed by atoms with Gasteiger partial charge in [-0.05, 0) is 43.6 Å². The Hall–Kier alpha value is -1.33. The van der Waals surface area contributed by atoms with Crippen molar-refractivity contribution in [2.75, 3.05) is 25.4 Å². The lowest BCUT2D eigenvalue weighted by Crippen LogP contribution is -2.32. The molecule has 102 valence electrons. The molecule has 2 N–H and O–H groups in total. The summed E-state index contributed by atoms with van der Waals surface area (Å²) in [5.41, 5.74) is 6.89. The maximum atomic E-state index is 12.5. The summed E-state index contributed by atoms with van der Waals surface area (Å²) in [6, 6.07) is 5.25. The van der Waals surface area contributed by atoms with E-state index in [-0.39, 0.29) is 0 Å². The van der Waals surface area contributed by atoms with Gasteiger partial charge in [0, 0.05) is 6.54 Å². The van der Waals surface area contributed by atoms with E-state index < -0.39 is 9.84 Å². The molecule has 0 aliphatic carbocycles. The molecule has 0 saturated carbocycles. The minimum atomic E-state index is -3.38. The van der Waals surface area contributed by atoms with Crippen molar-refractivity contribution in [3.8, 4) is 0 Å². The van der Waals surface area contributed by atoms with Gasteiger partial charge in [-0.25, -0.2) is 8.42 Å². The lowest BCUT2D eigenvalue weighted by Gasteiger charge is -2.26. The highest BCUT2D eigenvalue weighted by molar-refractivity contribution is 7.96. The van der Waals surface area contributed by atoms with Crippen molar-refractivity contribution in [2.45, 2.75) is 24.2 Å². The predicted octanol–water partition coefficient (Wildman–Crippen LogP) is 1.88. The van der Waals surface area contributed by atoms with Crippen LogP contribution in [0.1, 0.15) is 24.8 Å². The van der Waals surface area contributed by atoms with E-state index in [0.29, 0.717) is 22.0 Å². The van der Waals surface area contributed by atoms with Gasteiger partial charge in [-0.15, -0.1) is 0 Å².